The first-order valence-electron chi connectivity index (χ1n) is 8.35. The molecule has 2 aromatic carbocycles. The van der Waals surface area contributed by atoms with Gasteiger partial charge in [0.1, 0.15) is 5.75 Å². The molecular formula is C19H23BrIN3O3. The molecular weight excluding hydrogens is 525 g/mol. The van der Waals surface area contributed by atoms with Gasteiger partial charge in [-0.25, -0.2) is 0 Å². The van der Waals surface area contributed by atoms with Crippen LogP contribution in [0.15, 0.2) is 45.9 Å². The Kier molecular flexibility index (Phi) is 8.49. The zero-order chi connectivity index (χ0) is 18.4. The van der Waals surface area contributed by atoms with Crippen molar-refractivity contribution in [2.24, 2.45) is 4.99 Å². The van der Waals surface area contributed by atoms with E-state index >= 15 is 0 Å². The molecule has 0 aliphatic carbocycles. The van der Waals surface area contributed by atoms with Gasteiger partial charge in [-0.15, -0.1) is 24.0 Å². The number of aliphatic imine (C=N–C) groups is 1. The van der Waals surface area contributed by atoms with Crippen LogP contribution in [0.3, 0.4) is 0 Å². The fraction of sp³-hybridized carbons (Fsp3) is 0.316. The van der Waals surface area contributed by atoms with E-state index in [-0.39, 0.29) is 24.0 Å². The van der Waals surface area contributed by atoms with Crippen LogP contribution in [0.25, 0.3) is 0 Å². The van der Waals surface area contributed by atoms with E-state index in [2.05, 4.69) is 37.6 Å². The topological polar surface area (TPSA) is 64.1 Å². The zero-order valence-electron chi connectivity index (χ0n) is 15.3. The molecule has 0 atom stereocenters. The highest BCUT2D eigenvalue weighted by Crippen LogP contribution is 2.32. The second-order valence-corrected chi connectivity index (χ2v) is 6.66. The van der Waals surface area contributed by atoms with Crippen LogP contribution in [0.4, 0.5) is 0 Å². The summed E-state index contributed by atoms with van der Waals surface area (Å²) in [6.45, 7) is 1.67. The van der Waals surface area contributed by atoms with Crippen molar-refractivity contribution < 1.29 is 14.2 Å². The SMILES string of the molecule is CN=C(NCCc1ccc2c(c1)OCO2)NCc1cc(Br)ccc1OC.I. The van der Waals surface area contributed by atoms with Gasteiger partial charge in [-0.3, -0.25) is 4.99 Å². The first-order valence-corrected chi connectivity index (χ1v) is 9.14. The Morgan fingerprint density at radius 2 is 1.96 bits per heavy atom. The van der Waals surface area contributed by atoms with Crippen LogP contribution in [-0.2, 0) is 13.0 Å². The Morgan fingerprint density at radius 3 is 2.74 bits per heavy atom. The molecule has 3 rings (SSSR count). The maximum atomic E-state index is 5.41. The molecule has 2 aromatic rings. The average molecular weight is 548 g/mol. The third kappa shape index (κ3) is 5.90. The van der Waals surface area contributed by atoms with Gasteiger partial charge in [0.2, 0.25) is 6.79 Å². The minimum atomic E-state index is 0. The summed E-state index contributed by atoms with van der Waals surface area (Å²) in [4.78, 5) is 4.27. The van der Waals surface area contributed by atoms with Crippen molar-refractivity contribution >= 4 is 45.9 Å². The molecule has 0 saturated carbocycles. The van der Waals surface area contributed by atoms with E-state index in [1.54, 1.807) is 14.2 Å². The zero-order valence-corrected chi connectivity index (χ0v) is 19.2. The third-order valence-corrected chi connectivity index (χ3v) is 4.55. The molecule has 0 spiro atoms. The molecule has 0 fully saturated rings. The molecule has 0 radical (unpaired) electrons. The number of ether oxygens (including phenoxy) is 3. The van der Waals surface area contributed by atoms with Crippen LogP contribution in [0.2, 0.25) is 0 Å². The number of rotatable bonds is 6. The summed E-state index contributed by atoms with van der Waals surface area (Å²) in [5, 5.41) is 6.63. The molecule has 1 aliphatic rings. The number of benzene rings is 2. The van der Waals surface area contributed by atoms with E-state index in [1.807, 2.05) is 30.3 Å². The van der Waals surface area contributed by atoms with Crippen molar-refractivity contribution in [2.75, 3.05) is 27.5 Å². The lowest BCUT2D eigenvalue weighted by atomic mass is 10.1. The van der Waals surface area contributed by atoms with E-state index in [0.29, 0.717) is 13.3 Å². The second kappa shape index (κ2) is 10.6. The van der Waals surface area contributed by atoms with Gasteiger partial charge in [-0.1, -0.05) is 22.0 Å². The van der Waals surface area contributed by atoms with Gasteiger partial charge < -0.3 is 24.8 Å². The number of methoxy groups -OCH3 is 1. The van der Waals surface area contributed by atoms with E-state index in [0.717, 1.165) is 46.2 Å². The molecule has 0 unspecified atom stereocenters. The number of nitrogens with zero attached hydrogens (tertiary/aromatic N) is 1. The van der Waals surface area contributed by atoms with Gasteiger partial charge in [-0.05, 0) is 42.3 Å². The summed E-state index contributed by atoms with van der Waals surface area (Å²) in [5.74, 6) is 3.21. The summed E-state index contributed by atoms with van der Waals surface area (Å²) in [6, 6.07) is 12.0. The van der Waals surface area contributed by atoms with Crippen LogP contribution in [0.5, 0.6) is 17.2 Å². The highest BCUT2D eigenvalue weighted by molar-refractivity contribution is 14.0. The molecule has 2 N–H and O–H groups in total. The average Bonchev–Trinajstić information content (AvgIpc) is 3.12. The molecule has 8 heteroatoms. The Hall–Kier alpha value is -1.68. The van der Waals surface area contributed by atoms with Crippen LogP contribution in [0.1, 0.15) is 11.1 Å². The Labute approximate surface area is 184 Å². The van der Waals surface area contributed by atoms with Gasteiger partial charge >= 0.3 is 0 Å². The van der Waals surface area contributed by atoms with E-state index < -0.39 is 0 Å². The smallest absolute Gasteiger partial charge is 0.231 e. The standard InChI is InChI=1S/C19H22BrN3O3.HI/c1-21-19(23-11-14-10-15(20)4-6-16(14)24-2)22-8-7-13-3-5-17-18(9-13)26-12-25-17;/h3-6,9-10H,7-8,11-12H2,1-2H3,(H2,21,22,23);1H. The van der Waals surface area contributed by atoms with Crippen LogP contribution < -0.4 is 24.8 Å². The summed E-state index contributed by atoms with van der Waals surface area (Å²) < 4.78 is 17.2. The molecule has 0 bridgehead atoms. The fourth-order valence-corrected chi connectivity index (χ4v) is 3.12. The first-order chi connectivity index (χ1) is 12.7. The molecule has 0 aromatic heterocycles. The van der Waals surface area contributed by atoms with Crippen molar-refractivity contribution in [1.29, 1.82) is 0 Å². The summed E-state index contributed by atoms with van der Waals surface area (Å²) in [6.07, 6.45) is 0.859. The molecule has 0 saturated heterocycles. The third-order valence-electron chi connectivity index (χ3n) is 4.06. The number of fused-ring (bicyclic) bond motifs is 1. The Bertz CT molecular complexity index is 802. The van der Waals surface area contributed by atoms with Crippen LogP contribution in [0, 0.1) is 0 Å². The number of halogens is 2. The maximum Gasteiger partial charge on any atom is 0.231 e. The molecule has 27 heavy (non-hydrogen) atoms. The van der Waals surface area contributed by atoms with Crippen LogP contribution >= 0.6 is 39.9 Å². The monoisotopic (exact) mass is 547 g/mol. The normalized spacial score (nSPS) is 12.3. The fourth-order valence-electron chi connectivity index (χ4n) is 2.71. The molecule has 1 heterocycles. The Balaban J connectivity index is 0.00000261. The lowest BCUT2D eigenvalue weighted by Crippen LogP contribution is -2.37. The molecule has 6 nitrogen and oxygen atoms in total. The lowest BCUT2D eigenvalue weighted by Gasteiger charge is -2.14. The largest absolute Gasteiger partial charge is 0.496 e. The number of hydrogen-bond acceptors (Lipinski definition) is 4. The first kappa shape index (κ1) is 21.6. The maximum absolute atomic E-state index is 5.41. The minimum Gasteiger partial charge on any atom is -0.496 e. The second-order valence-electron chi connectivity index (χ2n) is 5.75. The highest BCUT2D eigenvalue weighted by Gasteiger charge is 2.13. The van der Waals surface area contributed by atoms with Crippen LogP contribution in [-0.4, -0.2) is 33.5 Å². The van der Waals surface area contributed by atoms with Gasteiger partial charge in [0.25, 0.3) is 0 Å². The quantitative estimate of drug-likeness (QED) is 0.328. The van der Waals surface area contributed by atoms with Gasteiger partial charge in [0, 0.05) is 30.2 Å². The van der Waals surface area contributed by atoms with Crippen molar-refractivity contribution in [3.05, 3.63) is 52.0 Å². The van der Waals surface area contributed by atoms with Gasteiger partial charge in [0.05, 0.1) is 7.11 Å². The molecule has 1 aliphatic heterocycles. The summed E-state index contributed by atoms with van der Waals surface area (Å²) in [5.41, 5.74) is 2.24. The van der Waals surface area contributed by atoms with Gasteiger partial charge in [0.15, 0.2) is 17.5 Å². The van der Waals surface area contributed by atoms with Gasteiger partial charge in [-0.2, -0.15) is 0 Å². The molecule has 146 valence electrons. The lowest BCUT2D eigenvalue weighted by molar-refractivity contribution is 0.174. The predicted octanol–water partition coefficient (Wildman–Crippen LogP) is 3.71. The minimum absolute atomic E-state index is 0. The summed E-state index contributed by atoms with van der Waals surface area (Å²) in [7, 11) is 3.43. The number of hydrogen-bond donors (Lipinski definition) is 2. The summed E-state index contributed by atoms with van der Waals surface area (Å²) >= 11 is 3.49. The van der Waals surface area contributed by atoms with E-state index in [9.17, 15) is 0 Å². The highest BCUT2D eigenvalue weighted by atomic mass is 127. The number of nitrogens with one attached hydrogen (secondary N) is 2. The predicted molar refractivity (Wildman–Crippen MR) is 121 cm³/mol. The van der Waals surface area contributed by atoms with Crippen molar-refractivity contribution in [2.45, 2.75) is 13.0 Å². The number of guanidine groups is 1. The Morgan fingerprint density at radius 1 is 1.15 bits per heavy atom. The molecule has 0 amide bonds. The van der Waals surface area contributed by atoms with E-state index in [1.165, 1.54) is 5.56 Å². The van der Waals surface area contributed by atoms with E-state index in [4.69, 9.17) is 14.2 Å². The van der Waals surface area contributed by atoms with Crippen molar-refractivity contribution in [3.8, 4) is 17.2 Å². The van der Waals surface area contributed by atoms with Crippen molar-refractivity contribution in [1.82, 2.24) is 10.6 Å². The van der Waals surface area contributed by atoms with Crippen molar-refractivity contribution in [3.63, 3.8) is 0 Å².